The molecule has 6 heteroatoms. The van der Waals surface area contributed by atoms with E-state index < -0.39 is 5.79 Å². The highest BCUT2D eigenvalue weighted by Gasteiger charge is 2.65. The second-order valence-corrected chi connectivity index (χ2v) is 8.55. The lowest BCUT2D eigenvalue weighted by molar-refractivity contribution is -0.244. The molecule has 0 bridgehead atoms. The van der Waals surface area contributed by atoms with Gasteiger partial charge in [0.25, 0.3) is 0 Å². The Morgan fingerprint density at radius 3 is 2.54 bits per heavy atom. The molecule has 2 fully saturated rings. The zero-order valence-corrected chi connectivity index (χ0v) is 18.0. The summed E-state index contributed by atoms with van der Waals surface area (Å²) < 4.78 is 23.3. The molecule has 0 aromatic heterocycles. The summed E-state index contributed by atoms with van der Waals surface area (Å²) in [4.78, 5) is 24.7. The molecule has 3 aliphatic rings. The molecule has 0 aromatic rings. The van der Waals surface area contributed by atoms with Crippen molar-refractivity contribution in [3.8, 4) is 0 Å². The van der Waals surface area contributed by atoms with Crippen LogP contribution in [0.3, 0.4) is 0 Å². The van der Waals surface area contributed by atoms with Crippen molar-refractivity contribution in [2.45, 2.75) is 71.9 Å². The van der Waals surface area contributed by atoms with Crippen molar-refractivity contribution in [2.75, 3.05) is 14.2 Å². The number of hydrogen-bond donors (Lipinski definition) is 0. The minimum atomic E-state index is -1.04. The molecule has 1 heterocycles. The van der Waals surface area contributed by atoms with Crippen molar-refractivity contribution in [1.29, 1.82) is 0 Å². The van der Waals surface area contributed by atoms with Gasteiger partial charge < -0.3 is 18.9 Å². The lowest BCUT2D eigenvalue weighted by Crippen LogP contribution is -2.61. The van der Waals surface area contributed by atoms with Crippen LogP contribution in [-0.4, -0.2) is 44.2 Å². The molecule has 0 saturated heterocycles. The maximum Gasteiger partial charge on any atom is 0.336 e. The molecule has 6 nitrogen and oxygen atoms in total. The third-order valence-corrected chi connectivity index (χ3v) is 7.52. The molecule has 2 aliphatic carbocycles. The maximum absolute atomic E-state index is 12.4. The van der Waals surface area contributed by atoms with Crippen LogP contribution in [0.15, 0.2) is 22.8 Å². The molecule has 0 unspecified atom stereocenters. The predicted molar refractivity (Wildman–Crippen MR) is 103 cm³/mol. The van der Waals surface area contributed by atoms with Crippen LogP contribution < -0.4 is 0 Å². The Kier molecular flexibility index (Phi) is 5.49. The molecule has 0 N–H and O–H groups in total. The van der Waals surface area contributed by atoms with Crippen molar-refractivity contribution in [3.05, 3.63) is 22.8 Å². The number of ether oxygens (including phenoxy) is 4. The van der Waals surface area contributed by atoms with Crippen LogP contribution in [0.2, 0.25) is 0 Å². The molecule has 1 aliphatic heterocycles. The highest BCUT2D eigenvalue weighted by Crippen LogP contribution is 2.61. The predicted octanol–water partition coefficient (Wildman–Crippen LogP) is 3.55. The van der Waals surface area contributed by atoms with Crippen molar-refractivity contribution in [3.63, 3.8) is 0 Å². The van der Waals surface area contributed by atoms with Gasteiger partial charge in [0.1, 0.15) is 6.10 Å². The Morgan fingerprint density at radius 2 is 1.96 bits per heavy atom. The van der Waals surface area contributed by atoms with Gasteiger partial charge in [-0.3, -0.25) is 0 Å². The molecule has 156 valence electrons. The van der Waals surface area contributed by atoms with Crippen molar-refractivity contribution in [1.82, 2.24) is 0 Å². The largest absolute Gasteiger partial charge is 0.459 e. The van der Waals surface area contributed by atoms with Crippen LogP contribution in [0.1, 0.15) is 53.9 Å². The summed E-state index contributed by atoms with van der Waals surface area (Å²) in [5.41, 5.74) is 1.64. The van der Waals surface area contributed by atoms with Gasteiger partial charge in [0, 0.05) is 48.7 Å². The quantitative estimate of drug-likeness (QED) is 0.538. The molecule has 0 spiro atoms. The summed E-state index contributed by atoms with van der Waals surface area (Å²) in [5, 5.41) is 0. The van der Waals surface area contributed by atoms with E-state index in [0.717, 1.165) is 18.4 Å². The van der Waals surface area contributed by atoms with Crippen LogP contribution in [0, 0.1) is 17.3 Å². The van der Waals surface area contributed by atoms with Crippen LogP contribution in [0.5, 0.6) is 0 Å². The number of fused-ring (bicyclic) bond motifs is 2. The van der Waals surface area contributed by atoms with E-state index in [1.807, 2.05) is 6.92 Å². The van der Waals surface area contributed by atoms with E-state index in [-0.39, 0.29) is 41.4 Å². The maximum atomic E-state index is 12.4. The molecule has 28 heavy (non-hydrogen) atoms. The van der Waals surface area contributed by atoms with Crippen LogP contribution in [0.4, 0.5) is 0 Å². The Hall–Kier alpha value is -1.66. The number of rotatable bonds is 4. The Labute approximate surface area is 167 Å². The first kappa shape index (κ1) is 21.1. The average molecular weight is 392 g/mol. The van der Waals surface area contributed by atoms with Gasteiger partial charge in [0.15, 0.2) is 0 Å². The third-order valence-electron chi connectivity index (χ3n) is 7.52. The normalized spacial score (nSPS) is 40.7. The molecule has 0 radical (unpaired) electrons. The molecule has 2 saturated carbocycles. The minimum Gasteiger partial charge on any atom is -0.459 e. The van der Waals surface area contributed by atoms with E-state index in [9.17, 15) is 9.59 Å². The standard InChI is InChI=1S/C22H32O6/c1-8-12(2)19(23)27-16-10-9-15-11-22(26-7)17(13(3)20(24)28-22)18(25-6)21(15,5)14(16)4/h8,14-16,18H,9-11H2,1-7H3/b12-8-/t14-,15+,16-,18+,21+,22+/m0/s1. The summed E-state index contributed by atoms with van der Waals surface area (Å²) >= 11 is 0. The van der Waals surface area contributed by atoms with Gasteiger partial charge in [-0.2, -0.15) is 0 Å². The van der Waals surface area contributed by atoms with Crippen LogP contribution >= 0.6 is 0 Å². The van der Waals surface area contributed by atoms with Gasteiger partial charge in [-0.25, -0.2) is 9.59 Å². The molecule has 6 atom stereocenters. The first-order valence-electron chi connectivity index (χ1n) is 10.0. The number of esters is 2. The highest BCUT2D eigenvalue weighted by atomic mass is 16.7. The lowest BCUT2D eigenvalue weighted by atomic mass is 9.51. The minimum absolute atomic E-state index is 0.0515. The summed E-state index contributed by atoms with van der Waals surface area (Å²) in [6.45, 7) is 9.67. The highest BCUT2D eigenvalue weighted by molar-refractivity contribution is 5.92. The van der Waals surface area contributed by atoms with Gasteiger partial charge in [0.2, 0.25) is 5.79 Å². The zero-order valence-electron chi connectivity index (χ0n) is 18.0. The fourth-order valence-corrected chi connectivity index (χ4v) is 5.45. The summed E-state index contributed by atoms with van der Waals surface area (Å²) in [5.74, 6) is -1.40. The number of carbonyl (C=O) groups is 2. The van der Waals surface area contributed by atoms with Crippen LogP contribution in [-0.2, 0) is 28.5 Å². The average Bonchev–Trinajstić information content (AvgIpc) is 2.93. The lowest BCUT2D eigenvalue weighted by Gasteiger charge is -2.58. The number of allylic oxidation sites excluding steroid dienone is 1. The molecule has 3 rings (SSSR count). The van der Waals surface area contributed by atoms with E-state index in [1.54, 1.807) is 34.1 Å². The second-order valence-electron chi connectivity index (χ2n) is 8.55. The van der Waals surface area contributed by atoms with E-state index in [2.05, 4.69) is 13.8 Å². The summed E-state index contributed by atoms with van der Waals surface area (Å²) in [6.07, 6.45) is 3.43. The number of methoxy groups -OCH3 is 2. The fourth-order valence-electron chi connectivity index (χ4n) is 5.45. The zero-order chi connectivity index (χ0) is 20.9. The van der Waals surface area contributed by atoms with E-state index in [4.69, 9.17) is 18.9 Å². The Bertz CT molecular complexity index is 737. The Balaban J connectivity index is 1.99. The van der Waals surface area contributed by atoms with Crippen LogP contribution in [0.25, 0.3) is 0 Å². The van der Waals surface area contributed by atoms with Gasteiger partial charge >= 0.3 is 11.9 Å². The van der Waals surface area contributed by atoms with Crippen molar-refractivity contribution < 1.29 is 28.5 Å². The number of hydrogen-bond acceptors (Lipinski definition) is 6. The monoisotopic (exact) mass is 392 g/mol. The Morgan fingerprint density at radius 1 is 1.29 bits per heavy atom. The van der Waals surface area contributed by atoms with Gasteiger partial charge in [-0.05, 0) is 39.5 Å². The topological polar surface area (TPSA) is 71.1 Å². The van der Waals surface area contributed by atoms with Gasteiger partial charge in [-0.1, -0.05) is 19.9 Å². The number of carbonyl (C=O) groups excluding carboxylic acids is 2. The smallest absolute Gasteiger partial charge is 0.336 e. The first-order chi connectivity index (χ1) is 13.2. The third kappa shape index (κ3) is 2.84. The van der Waals surface area contributed by atoms with Crippen molar-refractivity contribution in [2.24, 2.45) is 17.3 Å². The first-order valence-corrected chi connectivity index (χ1v) is 10.0. The summed E-state index contributed by atoms with van der Waals surface area (Å²) in [7, 11) is 3.24. The molecular weight excluding hydrogens is 360 g/mol. The fraction of sp³-hybridized carbons (Fsp3) is 0.727. The van der Waals surface area contributed by atoms with Gasteiger partial charge in [0.05, 0.1) is 6.10 Å². The molecule has 0 aromatic carbocycles. The van der Waals surface area contributed by atoms with E-state index in [1.165, 1.54) is 0 Å². The summed E-state index contributed by atoms with van der Waals surface area (Å²) in [6, 6.07) is 0. The van der Waals surface area contributed by atoms with E-state index in [0.29, 0.717) is 17.6 Å². The molecule has 0 amide bonds. The second kappa shape index (κ2) is 7.30. The van der Waals surface area contributed by atoms with E-state index >= 15 is 0 Å². The van der Waals surface area contributed by atoms with Gasteiger partial charge in [-0.15, -0.1) is 0 Å². The molecular formula is C22H32O6. The van der Waals surface area contributed by atoms with Crippen molar-refractivity contribution >= 4 is 11.9 Å². The SMILES string of the molecule is C/C=C(/C)C(=O)O[C@H]1CC[C@@H]2C[C@@]3(OC)OC(=O)C(C)=C3[C@@H](OC)[C@]2(C)[C@H]1C.